The van der Waals surface area contributed by atoms with Crippen molar-refractivity contribution in [2.45, 2.75) is 22.8 Å². The fourth-order valence-electron chi connectivity index (χ4n) is 2.88. The van der Waals surface area contributed by atoms with E-state index in [2.05, 4.69) is 25.8 Å². The molecule has 0 unspecified atom stereocenters. The molecule has 0 fully saturated rings. The summed E-state index contributed by atoms with van der Waals surface area (Å²) in [5.74, 6) is 0.698. The highest BCUT2D eigenvalue weighted by atomic mass is 35.5. The van der Waals surface area contributed by atoms with Crippen molar-refractivity contribution in [3.63, 3.8) is 0 Å². The largest absolute Gasteiger partial charge is 0.487 e. The number of anilines is 1. The van der Waals surface area contributed by atoms with Crippen LogP contribution in [-0.2, 0) is 6.61 Å². The normalized spacial score (nSPS) is 11.0. The second-order valence-electron chi connectivity index (χ2n) is 6.13. The summed E-state index contributed by atoms with van der Waals surface area (Å²) in [7, 11) is 1.83. The first-order chi connectivity index (χ1) is 14.2. The van der Waals surface area contributed by atoms with Gasteiger partial charge in [0.1, 0.15) is 17.9 Å². The van der Waals surface area contributed by atoms with E-state index in [-0.39, 0.29) is 0 Å². The van der Waals surface area contributed by atoms with Gasteiger partial charge in [-0.05, 0) is 19.1 Å². The van der Waals surface area contributed by atoms with Crippen LogP contribution < -0.4 is 15.6 Å². The highest BCUT2D eigenvalue weighted by Gasteiger charge is 2.14. The number of hydrogen-bond acceptors (Lipinski definition) is 8. The van der Waals surface area contributed by atoms with Crippen LogP contribution in [0.15, 0.2) is 57.5 Å². The number of hydrazine groups is 1. The molecule has 148 valence electrons. The van der Waals surface area contributed by atoms with E-state index in [1.54, 1.807) is 29.9 Å². The van der Waals surface area contributed by atoms with Crippen molar-refractivity contribution in [2.75, 3.05) is 12.5 Å². The smallest absolute Gasteiger partial charge is 0.154 e. The lowest BCUT2D eigenvalue weighted by Gasteiger charge is -2.15. The Labute approximate surface area is 181 Å². The van der Waals surface area contributed by atoms with Crippen molar-refractivity contribution in [3.05, 3.63) is 64.5 Å². The van der Waals surface area contributed by atoms with Gasteiger partial charge in [-0.1, -0.05) is 35.5 Å². The number of rotatable bonds is 7. The Morgan fingerprint density at radius 2 is 2.17 bits per heavy atom. The van der Waals surface area contributed by atoms with E-state index in [4.69, 9.17) is 16.3 Å². The highest BCUT2D eigenvalue weighted by Crippen LogP contribution is 2.36. The number of fused-ring (bicyclic) bond motifs is 1. The van der Waals surface area contributed by atoms with Gasteiger partial charge < -0.3 is 10.2 Å². The molecule has 1 aromatic carbocycles. The molecular weight excluding hydrogens is 426 g/mol. The number of nitrogens with zero attached hydrogens (tertiary/aromatic N) is 3. The second-order valence-corrected chi connectivity index (χ2v) is 8.72. The van der Waals surface area contributed by atoms with Gasteiger partial charge in [0.25, 0.3) is 0 Å². The molecule has 29 heavy (non-hydrogen) atoms. The van der Waals surface area contributed by atoms with E-state index in [0.717, 1.165) is 37.1 Å². The van der Waals surface area contributed by atoms with Crippen LogP contribution in [0.25, 0.3) is 10.9 Å². The number of pyridine rings is 2. The monoisotopic (exact) mass is 443 g/mol. The number of thiazole rings is 1. The molecule has 0 bridgehead atoms. The number of benzene rings is 1. The molecule has 0 saturated carbocycles. The third-order valence-corrected chi connectivity index (χ3v) is 6.42. The Morgan fingerprint density at radius 1 is 1.28 bits per heavy atom. The summed E-state index contributed by atoms with van der Waals surface area (Å²) in [6.45, 7) is 2.26. The van der Waals surface area contributed by atoms with Crippen LogP contribution in [0, 0.1) is 6.92 Å². The minimum absolute atomic E-state index is 0.304. The first-order valence-corrected chi connectivity index (χ1v) is 10.9. The number of ether oxygens (including phenoxy) is 1. The van der Waals surface area contributed by atoms with E-state index in [9.17, 15) is 0 Å². The third-order valence-electron chi connectivity index (χ3n) is 4.13. The maximum atomic E-state index is 6.44. The van der Waals surface area contributed by atoms with Gasteiger partial charge in [0, 0.05) is 52.6 Å². The molecule has 3 heterocycles. The van der Waals surface area contributed by atoms with E-state index in [0.29, 0.717) is 17.4 Å². The summed E-state index contributed by atoms with van der Waals surface area (Å²) >= 11 is 9.54. The summed E-state index contributed by atoms with van der Waals surface area (Å²) in [5, 5.41) is 3.48. The van der Waals surface area contributed by atoms with Gasteiger partial charge >= 0.3 is 0 Å². The van der Waals surface area contributed by atoms with Gasteiger partial charge in [-0.15, -0.1) is 11.3 Å². The number of aryl methyl sites for hydroxylation is 1. The third kappa shape index (κ3) is 4.45. The maximum absolute atomic E-state index is 6.44. The van der Waals surface area contributed by atoms with Gasteiger partial charge in [-0.25, -0.2) is 15.4 Å². The maximum Gasteiger partial charge on any atom is 0.154 e. The first kappa shape index (κ1) is 19.9. The van der Waals surface area contributed by atoms with Gasteiger partial charge in [0.2, 0.25) is 0 Å². The fraction of sp³-hybridized carbons (Fsp3) is 0.150. The zero-order valence-corrected chi connectivity index (χ0v) is 18.2. The zero-order valence-electron chi connectivity index (χ0n) is 15.8. The Balaban J connectivity index is 1.65. The Hall–Kier alpha value is -2.39. The Bertz CT molecular complexity index is 1140. The van der Waals surface area contributed by atoms with E-state index >= 15 is 0 Å². The molecule has 0 aliphatic heterocycles. The molecule has 3 aromatic heterocycles. The number of para-hydroxylation sites is 1. The van der Waals surface area contributed by atoms with E-state index in [1.807, 2.05) is 43.6 Å². The Morgan fingerprint density at radius 3 is 2.97 bits per heavy atom. The molecule has 0 aliphatic carbocycles. The standard InChI is InChI=1S/C20H18ClN5OS2/c1-12-8-16(26-22-2)13-4-3-5-17(19(13)25-12)27-11-14-15(21)9-23-10-18(14)29-20-24-6-7-28-20/h3-10,22H,11H2,1-2H3,(H,25,26). The molecule has 0 spiro atoms. The molecular formula is C20H18ClN5OS2. The summed E-state index contributed by atoms with van der Waals surface area (Å²) in [4.78, 5) is 14.2. The molecule has 0 radical (unpaired) electrons. The van der Waals surface area contributed by atoms with Crippen molar-refractivity contribution in [1.82, 2.24) is 20.4 Å². The summed E-state index contributed by atoms with van der Waals surface area (Å²) in [6, 6.07) is 7.87. The van der Waals surface area contributed by atoms with Crippen molar-refractivity contribution >= 4 is 51.3 Å². The van der Waals surface area contributed by atoms with Crippen LogP contribution >= 0.6 is 34.7 Å². The van der Waals surface area contributed by atoms with Gasteiger partial charge in [0.15, 0.2) is 4.34 Å². The average molecular weight is 444 g/mol. The second kappa shape index (κ2) is 8.96. The molecule has 4 rings (SSSR count). The van der Waals surface area contributed by atoms with E-state index < -0.39 is 0 Å². The summed E-state index contributed by atoms with van der Waals surface area (Å²) in [6.07, 6.45) is 5.20. The average Bonchev–Trinajstić information content (AvgIpc) is 3.21. The topological polar surface area (TPSA) is 72.0 Å². The number of hydrogen-bond donors (Lipinski definition) is 2. The van der Waals surface area contributed by atoms with Crippen molar-refractivity contribution < 1.29 is 4.74 Å². The summed E-state index contributed by atoms with van der Waals surface area (Å²) < 4.78 is 7.11. The number of halogens is 1. The van der Waals surface area contributed by atoms with Crippen LogP contribution in [0.1, 0.15) is 11.3 Å². The van der Waals surface area contributed by atoms with Crippen LogP contribution in [0.5, 0.6) is 5.75 Å². The highest BCUT2D eigenvalue weighted by molar-refractivity contribution is 8.01. The van der Waals surface area contributed by atoms with Crippen molar-refractivity contribution in [1.29, 1.82) is 0 Å². The first-order valence-electron chi connectivity index (χ1n) is 8.81. The lowest BCUT2D eigenvalue weighted by molar-refractivity contribution is 0.306. The molecule has 0 atom stereocenters. The SMILES string of the molecule is CNNc1cc(C)nc2c(OCc3c(Cl)cncc3Sc3nccs3)cccc12. The molecule has 2 N–H and O–H groups in total. The lowest BCUT2D eigenvalue weighted by Crippen LogP contribution is -2.15. The molecule has 4 aromatic rings. The minimum Gasteiger partial charge on any atom is -0.487 e. The molecule has 0 aliphatic rings. The Kier molecular flexibility index (Phi) is 6.15. The van der Waals surface area contributed by atoms with Gasteiger partial charge in [-0.3, -0.25) is 4.98 Å². The quantitative estimate of drug-likeness (QED) is 0.374. The zero-order chi connectivity index (χ0) is 20.2. The molecule has 9 heteroatoms. The lowest BCUT2D eigenvalue weighted by atomic mass is 10.1. The van der Waals surface area contributed by atoms with Crippen LogP contribution in [-0.4, -0.2) is 22.0 Å². The predicted octanol–water partition coefficient (Wildman–Crippen LogP) is 5.32. The van der Waals surface area contributed by atoms with Crippen molar-refractivity contribution in [3.8, 4) is 5.75 Å². The minimum atomic E-state index is 0.304. The van der Waals surface area contributed by atoms with Crippen LogP contribution in [0.2, 0.25) is 5.02 Å². The predicted molar refractivity (Wildman–Crippen MR) is 119 cm³/mol. The van der Waals surface area contributed by atoms with E-state index in [1.165, 1.54) is 11.8 Å². The van der Waals surface area contributed by atoms with Crippen LogP contribution in [0.4, 0.5) is 5.69 Å². The van der Waals surface area contributed by atoms with Gasteiger partial charge in [0.05, 0.1) is 10.7 Å². The molecule has 0 saturated heterocycles. The van der Waals surface area contributed by atoms with Gasteiger partial charge in [-0.2, -0.15) is 0 Å². The number of nitrogens with one attached hydrogen (secondary N) is 2. The summed E-state index contributed by atoms with van der Waals surface area (Å²) in [5.41, 5.74) is 9.63. The van der Waals surface area contributed by atoms with Crippen molar-refractivity contribution in [2.24, 2.45) is 0 Å². The van der Waals surface area contributed by atoms with Crippen LogP contribution in [0.3, 0.4) is 0 Å². The molecule has 0 amide bonds. The number of aromatic nitrogens is 3. The fourth-order valence-corrected chi connectivity index (χ4v) is 4.85. The molecule has 6 nitrogen and oxygen atoms in total.